The van der Waals surface area contributed by atoms with Crippen LogP contribution in [0.5, 0.6) is 0 Å². The smallest absolute Gasteiger partial charge is 0.240 e. The Morgan fingerprint density at radius 3 is 2.43 bits per heavy atom. The van der Waals surface area contributed by atoms with Crippen LogP contribution in [0.3, 0.4) is 0 Å². The Labute approximate surface area is 172 Å². The lowest BCUT2D eigenvalue weighted by Crippen LogP contribution is -2.26. The topological polar surface area (TPSA) is 81.1 Å². The van der Waals surface area contributed by atoms with E-state index in [9.17, 15) is 17.6 Å². The fraction of sp³-hybridized carbons (Fsp3) is 0.0909. The maximum absolute atomic E-state index is 13.2. The van der Waals surface area contributed by atoms with Gasteiger partial charge in [-0.25, -0.2) is 12.8 Å². The standard InChI is InChI=1S/C22H18FN3O3S/c23-17-5-7-18(8-6-17)30(28,29)21-14-26(20-4-2-1-3-19(20)21)15-22(27)25-13-16-9-11-24-12-10-16/h1-12,14H,13,15H2,(H,25,27). The van der Waals surface area contributed by atoms with Crippen LogP contribution in [0.15, 0.2) is 89.0 Å². The summed E-state index contributed by atoms with van der Waals surface area (Å²) in [7, 11) is -3.88. The van der Waals surface area contributed by atoms with Crippen molar-refractivity contribution < 1.29 is 17.6 Å². The molecule has 0 saturated heterocycles. The highest BCUT2D eigenvalue weighted by atomic mass is 32.2. The molecule has 8 heteroatoms. The van der Waals surface area contributed by atoms with Crippen molar-refractivity contribution in [3.63, 3.8) is 0 Å². The van der Waals surface area contributed by atoms with E-state index in [1.54, 1.807) is 53.4 Å². The van der Waals surface area contributed by atoms with Crippen molar-refractivity contribution in [2.45, 2.75) is 22.9 Å². The predicted octanol–water partition coefficient (Wildman–Crippen LogP) is 3.32. The van der Waals surface area contributed by atoms with Gasteiger partial charge in [0.25, 0.3) is 0 Å². The van der Waals surface area contributed by atoms with Crippen LogP contribution in [-0.4, -0.2) is 23.9 Å². The van der Waals surface area contributed by atoms with Gasteiger partial charge in [-0.3, -0.25) is 9.78 Å². The first-order valence-corrected chi connectivity index (χ1v) is 10.7. The molecule has 0 atom stereocenters. The zero-order chi connectivity index (χ0) is 21.1. The molecular weight excluding hydrogens is 405 g/mol. The number of pyridine rings is 1. The molecule has 0 spiro atoms. The van der Waals surface area contributed by atoms with Crippen molar-refractivity contribution >= 4 is 26.6 Å². The SMILES string of the molecule is O=C(Cn1cc(S(=O)(=O)c2ccc(F)cc2)c2ccccc21)NCc1ccncc1. The Morgan fingerprint density at radius 2 is 1.70 bits per heavy atom. The Morgan fingerprint density at radius 1 is 1.00 bits per heavy atom. The third kappa shape index (κ3) is 3.95. The molecular formula is C22H18FN3O3S. The van der Waals surface area contributed by atoms with E-state index < -0.39 is 15.7 Å². The molecule has 0 aliphatic rings. The molecule has 30 heavy (non-hydrogen) atoms. The van der Waals surface area contributed by atoms with Crippen LogP contribution in [0.2, 0.25) is 0 Å². The summed E-state index contributed by atoms with van der Waals surface area (Å²) in [5, 5.41) is 3.32. The molecule has 0 bridgehead atoms. The lowest BCUT2D eigenvalue weighted by atomic mass is 10.2. The average molecular weight is 423 g/mol. The molecule has 0 unspecified atom stereocenters. The second-order valence-corrected chi connectivity index (χ2v) is 8.65. The molecule has 1 amide bonds. The van der Waals surface area contributed by atoms with E-state index >= 15 is 0 Å². The molecule has 4 rings (SSSR count). The van der Waals surface area contributed by atoms with Crippen LogP contribution >= 0.6 is 0 Å². The number of aromatic nitrogens is 2. The number of carbonyl (C=O) groups excluding carboxylic acids is 1. The summed E-state index contributed by atoms with van der Waals surface area (Å²) in [5.41, 5.74) is 1.53. The highest BCUT2D eigenvalue weighted by molar-refractivity contribution is 7.91. The van der Waals surface area contributed by atoms with Gasteiger partial charge >= 0.3 is 0 Å². The number of nitrogens with zero attached hydrogens (tertiary/aromatic N) is 2. The van der Waals surface area contributed by atoms with Gasteiger partial charge in [-0.2, -0.15) is 0 Å². The minimum atomic E-state index is -3.88. The summed E-state index contributed by atoms with van der Waals surface area (Å²) >= 11 is 0. The summed E-state index contributed by atoms with van der Waals surface area (Å²) in [6.07, 6.45) is 4.75. The van der Waals surface area contributed by atoms with Crippen LogP contribution in [0.4, 0.5) is 4.39 Å². The zero-order valence-electron chi connectivity index (χ0n) is 15.8. The molecule has 2 aromatic carbocycles. The van der Waals surface area contributed by atoms with Crippen LogP contribution in [-0.2, 0) is 27.7 Å². The maximum Gasteiger partial charge on any atom is 0.240 e. The van der Waals surface area contributed by atoms with Gasteiger partial charge < -0.3 is 9.88 Å². The zero-order valence-corrected chi connectivity index (χ0v) is 16.6. The maximum atomic E-state index is 13.2. The quantitative estimate of drug-likeness (QED) is 0.483. The van der Waals surface area contributed by atoms with Gasteiger partial charge in [0.1, 0.15) is 12.4 Å². The van der Waals surface area contributed by atoms with Crippen LogP contribution < -0.4 is 5.32 Å². The minimum Gasteiger partial charge on any atom is -0.350 e. The number of hydrogen-bond donors (Lipinski definition) is 1. The number of hydrogen-bond acceptors (Lipinski definition) is 4. The molecule has 0 aliphatic heterocycles. The lowest BCUT2D eigenvalue weighted by Gasteiger charge is -2.07. The molecule has 2 heterocycles. The summed E-state index contributed by atoms with van der Waals surface area (Å²) in [6.45, 7) is 0.311. The van der Waals surface area contributed by atoms with Crippen LogP contribution in [0.25, 0.3) is 10.9 Å². The molecule has 0 fully saturated rings. The number of nitrogens with one attached hydrogen (secondary N) is 1. The summed E-state index contributed by atoms with van der Waals surface area (Å²) in [6, 6.07) is 15.3. The number of fused-ring (bicyclic) bond motifs is 1. The van der Waals surface area contributed by atoms with E-state index in [4.69, 9.17) is 0 Å². The lowest BCUT2D eigenvalue weighted by molar-refractivity contribution is -0.121. The number of halogens is 1. The second-order valence-electron chi connectivity index (χ2n) is 6.73. The second kappa shape index (κ2) is 8.08. The van der Waals surface area contributed by atoms with Crippen molar-refractivity contribution in [3.8, 4) is 0 Å². The van der Waals surface area contributed by atoms with Gasteiger partial charge in [0.15, 0.2) is 0 Å². The largest absolute Gasteiger partial charge is 0.350 e. The number of rotatable bonds is 6. The van der Waals surface area contributed by atoms with Gasteiger partial charge in [-0.05, 0) is 48.0 Å². The van der Waals surface area contributed by atoms with Gasteiger partial charge in [-0.15, -0.1) is 0 Å². The first-order valence-electron chi connectivity index (χ1n) is 9.19. The predicted molar refractivity (Wildman–Crippen MR) is 110 cm³/mol. The van der Waals surface area contributed by atoms with Crippen LogP contribution in [0, 0.1) is 5.82 Å². The van der Waals surface area contributed by atoms with Crippen molar-refractivity contribution in [1.29, 1.82) is 0 Å². The Balaban J connectivity index is 1.64. The highest BCUT2D eigenvalue weighted by Crippen LogP contribution is 2.30. The molecule has 1 N–H and O–H groups in total. The Kier molecular flexibility index (Phi) is 5.33. The monoisotopic (exact) mass is 423 g/mol. The fourth-order valence-electron chi connectivity index (χ4n) is 3.21. The summed E-state index contributed by atoms with van der Waals surface area (Å²) in [4.78, 5) is 16.5. The Hall–Kier alpha value is -3.52. The fourth-order valence-corrected chi connectivity index (χ4v) is 4.69. The van der Waals surface area contributed by atoms with Crippen LogP contribution in [0.1, 0.15) is 5.56 Å². The van der Waals surface area contributed by atoms with Gasteiger partial charge in [0.05, 0.1) is 9.79 Å². The molecule has 4 aromatic rings. The van der Waals surface area contributed by atoms with Crippen molar-refractivity contribution in [1.82, 2.24) is 14.9 Å². The number of amides is 1. The number of benzene rings is 2. The van der Waals surface area contributed by atoms with Crippen molar-refractivity contribution in [2.75, 3.05) is 0 Å². The Bertz CT molecular complexity index is 1300. The van der Waals surface area contributed by atoms with E-state index in [0.29, 0.717) is 17.4 Å². The third-order valence-corrected chi connectivity index (χ3v) is 6.52. The molecule has 0 aliphatic carbocycles. The molecule has 6 nitrogen and oxygen atoms in total. The molecule has 0 saturated carbocycles. The van der Waals surface area contributed by atoms with Crippen molar-refractivity contribution in [3.05, 3.63) is 90.6 Å². The first-order chi connectivity index (χ1) is 14.4. The minimum absolute atomic E-state index is 0.00561. The average Bonchev–Trinajstić information content (AvgIpc) is 3.13. The number of para-hydroxylation sites is 1. The normalized spacial score (nSPS) is 11.5. The number of sulfone groups is 1. The van der Waals surface area contributed by atoms with Crippen molar-refractivity contribution in [2.24, 2.45) is 0 Å². The number of carbonyl (C=O) groups is 1. The summed E-state index contributed by atoms with van der Waals surface area (Å²) in [5.74, 6) is -0.763. The summed E-state index contributed by atoms with van der Waals surface area (Å²) < 4.78 is 41.1. The van der Waals surface area contributed by atoms with Gasteiger partial charge in [0.2, 0.25) is 15.7 Å². The molecule has 0 radical (unpaired) electrons. The van der Waals surface area contributed by atoms with E-state index in [1.807, 2.05) is 0 Å². The molecule has 2 aromatic heterocycles. The third-order valence-electron chi connectivity index (χ3n) is 4.72. The van der Waals surface area contributed by atoms with Gasteiger partial charge in [0, 0.05) is 36.0 Å². The first kappa shape index (κ1) is 19.8. The highest BCUT2D eigenvalue weighted by Gasteiger charge is 2.24. The van der Waals surface area contributed by atoms with E-state index in [0.717, 1.165) is 17.7 Å². The molecule has 152 valence electrons. The van der Waals surface area contributed by atoms with E-state index in [-0.39, 0.29) is 22.2 Å². The van der Waals surface area contributed by atoms with Gasteiger partial charge in [-0.1, -0.05) is 18.2 Å². The van der Waals surface area contributed by atoms with E-state index in [1.165, 1.54) is 18.3 Å². The van der Waals surface area contributed by atoms with E-state index in [2.05, 4.69) is 10.3 Å².